The maximum atomic E-state index is 12.5. The smallest absolute Gasteiger partial charge is 0.261 e. The zero-order valence-corrected chi connectivity index (χ0v) is 16.7. The summed E-state index contributed by atoms with van der Waals surface area (Å²) in [5.74, 6) is 2.11. The molecule has 2 aromatic carbocycles. The van der Waals surface area contributed by atoms with Crippen LogP contribution in [0, 0.1) is 0 Å². The van der Waals surface area contributed by atoms with E-state index in [9.17, 15) is 4.79 Å². The van der Waals surface area contributed by atoms with Crippen LogP contribution in [0.5, 0.6) is 17.2 Å². The van der Waals surface area contributed by atoms with Crippen LogP contribution >= 0.6 is 0 Å². The Hall–Kier alpha value is -2.69. The summed E-state index contributed by atoms with van der Waals surface area (Å²) in [7, 11) is 1.62. The number of fused-ring (bicyclic) bond motifs is 1. The lowest BCUT2D eigenvalue weighted by Gasteiger charge is -2.20. The number of amides is 1. The van der Waals surface area contributed by atoms with E-state index < -0.39 is 6.10 Å². The zero-order chi connectivity index (χ0) is 19.8. The number of hydrogen-bond donors (Lipinski definition) is 1. The molecule has 0 spiro atoms. The third kappa shape index (κ3) is 5.41. The van der Waals surface area contributed by atoms with Gasteiger partial charge in [0.05, 0.1) is 13.7 Å². The fraction of sp³-hybridized carbons (Fsp3) is 0.435. The molecule has 1 aliphatic rings. The minimum Gasteiger partial charge on any atom is -0.497 e. The van der Waals surface area contributed by atoms with E-state index in [4.69, 9.17) is 14.2 Å². The predicted molar refractivity (Wildman–Crippen MR) is 109 cm³/mol. The van der Waals surface area contributed by atoms with E-state index in [2.05, 4.69) is 17.4 Å². The van der Waals surface area contributed by atoms with Crippen molar-refractivity contribution >= 4 is 5.91 Å². The molecular formula is C23H29NO4. The van der Waals surface area contributed by atoms with Crippen molar-refractivity contribution in [3.63, 3.8) is 0 Å². The maximum absolute atomic E-state index is 12.5. The number of ether oxygens (including phenoxy) is 3. The van der Waals surface area contributed by atoms with Crippen molar-refractivity contribution in [3.05, 3.63) is 53.6 Å². The molecule has 0 heterocycles. The second kappa shape index (κ2) is 10.0. The first-order valence-corrected chi connectivity index (χ1v) is 10.0. The number of hydrogen-bond acceptors (Lipinski definition) is 4. The molecule has 2 aromatic rings. The van der Waals surface area contributed by atoms with Gasteiger partial charge in [0.1, 0.15) is 23.9 Å². The Morgan fingerprint density at radius 2 is 1.82 bits per heavy atom. The molecule has 0 bridgehead atoms. The highest BCUT2D eigenvalue weighted by Crippen LogP contribution is 2.26. The molecule has 3 rings (SSSR count). The molecule has 1 N–H and O–H groups in total. The SMILES string of the molecule is CC[C@@H](Oc1ccc2c(c1)CCCC2)C(=O)NCCOc1cccc(OC)c1. The van der Waals surface area contributed by atoms with Crippen LogP contribution in [-0.4, -0.2) is 32.3 Å². The number of benzene rings is 2. The highest BCUT2D eigenvalue weighted by molar-refractivity contribution is 5.81. The molecule has 1 amide bonds. The maximum Gasteiger partial charge on any atom is 0.261 e. The van der Waals surface area contributed by atoms with Gasteiger partial charge in [-0.2, -0.15) is 0 Å². The summed E-state index contributed by atoms with van der Waals surface area (Å²) in [6.45, 7) is 2.75. The summed E-state index contributed by atoms with van der Waals surface area (Å²) in [6, 6.07) is 13.6. The van der Waals surface area contributed by atoms with Gasteiger partial charge in [-0.15, -0.1) is 0 Å². The fourth-order valence-electron chi connectivity index (χ4n) is 3.42. The summed E-state index contributed by atoms with van der Waals surface area (Å²) in [4.78, 5) is 12.5. The van der Waals surface area contributed by atoms with Crippen LogP contribution in [0.1, 0.15) is 37.3 Å². The number of rotatable bonds is 9. The minimum absolute atomic E-state index is 0.116. The van der Waals surface area contributed by atoms with E-state index in [-0.39, 0.29) is 5.91 Å². The molecule has 0 aliphatic heterocycles. The van der Waals surface area contributed by atoms with E-state index in [1.54, 1.807) is 7.11 Å². The lowest BCUT2D eigenvalue weighted by Crippen LogP contribution is -2.39. The summed E-state index contributed by atoms with van der Waals surface area (Å²) >= 11 is 0. The van der Waals surface area contributed by atoms with Crippen molar-refractivity contribution in [1.29, 1.82) is 0 Å². The number of methoxy groups -OCH3 is 1. The molecule has 5 heteroatoms. The van der Waals surface area contributed by atoms with Gasteiger partial charge in [-0.3, -0.25) is 4.79 Å². The van der Waals surface area contributed by atoms with Gasteiger partial charge >= 0.3 is 0 Å². The molecule has 1 atom stereocenters. The van der Waals surface area contributed by atoms with Crippen LogP contribution in [0.15, 0.2) is 42.5 Å². The lowest BCUT2D eigenvalue weighted by atomic mass is 9.92. The molecule has 28 heavy (non-hydrogen) atoms. The number of carbonyl (C=O) groups is 1. The normalized spacial score (nSPS) is 13.9. The molecular weight excluding hydrogens is 354 g/mol. The second-order valence-corrected chi connectivity index (χ2v) is 6.97. The van der Waals surface area contributed by atoms with E-state index in [1.807, 2.05) is 37.3 Å². The van der Waals surface area contributed by atoms with Crippen molar-refractivity contribution in [2.45, 2.75) is 45.1 Å². The molecule has 0 saturated carbocycles. The third-order valence-electron chi connectivity index (χ3n) is 4.97. The van der Waals surface area contributed by atoms with Gasteiger partial charge < -0.3 is 19.5 Å². The highest BCUT2D eigenvalue weighted by Gasteiger charge is 2.19. The van der Waals surface area contributed by atoms with Crippen molar-refractivity contribution in [1.82, 2.24) is 5.32 Å². The summed E-state index contributed by atoms with van der Waals surface area (Å²) in [6.07, 6.45) is 4.82. The molecule has 0 saturated heterocycles. The van der Waals surface area contributed by atoms with Gasteiger partial charge in [-0.1, -0.05) is 19.1 Å². The van der Waals surface area contributed by atoms with Gasteiger partial charge in [-0.05, 0) is 67.5 Å². The predicted octanol–water partition coefficient (Wildman–Crippen LogP) is 3.93. The summed E-state index contributed by atoms with van der Waals surface area (Å²) in [5, 5.41) is 2.89. The van der Waals surface area contributed by atoms with Crippen molar-refractivity contribution in [2.75, 3.05) is 20.3 Å². The van der Waals surface area contributed by atoms with Gasteiger partial charge in [-0.25, -0.2) is 0 Å². The van der Waals surface area contributed by atoms with Gasteiger partial charge in [0.15, 0.2) is 6.10 Å². The standard InChI is InChI=1S/C23H29NO4/c1-3-22(28-21-12-11-17-7-4-5-8-18(17)15-21)23(25)24-13-14-27-20-10-6-9-19(16-20)26-2/h6,9-12,15-16,22H,3-5,7-8,13-14H2,1-2H3,(H,24,25)/t22-/m1/s1. The molecule has 0 unspecified atom stereocenters. The zero-order valence-electron chi connectivity index (χ0n) is 16.7. The summed E-state index contributed by atoms with van der Waals surface area (Å²) in [5.41, 5.74) is 2.76. The molecule has 150 valence electrons. The van der Waals surface area contributed by atoms with Crippen molar-refractivity contribution < 1.29 is 19.0 Å². The third-order valence-corrected chi connectivity index (χ3v) is 4.97. The Bertz CT molecular complexity index is 790. The molecule has 1 aliphatic carbocycles. The Morgan fingerprint density at radius 1 is 1.04 bits per heavy atom. The van der Waals surface area contributed by atoms with Crippen molar-refractivity contribution in [3.8, 4) is 17.2 Å². The average molecular weight is 383 g/mol. The first kappa shape index (κ1) is 20.1. The Labute approximate surface area is 167 Å². The molecule has 0 radical (unpaired) electrons. The molecule has 0 aromatic heterocycles. The van der Waals surface area contributed by atoms with Crippen LogP contribution < -0.4 is 19.5 Å². The number of nitrogens with one attached hydrogen (secondary N) is 1. The number of aryl methyl sites for hydroxylation is 2. The average Bonchev–Trinajstić information content (AvgIpc) is 2.75. The second-order valence-electron chi connectivity index (χ2n) is 6.97. The first-order chi connectivity index (χ1) is 13.7. The Morgan fingerprint density at radius 3 is 2.61 bits per heavy atom. The topological polar surface area (TPSA) is 56.8 Å². The largest absolute Gasteiger partial charge is 0.497 e. The van der Waals surface area contributed by atoms with Crippen LogP contribution in [0.25, 0.3) is 0 Å². The first-order valence-electron chi connectivity index (χ1n) is 10.0. The van der Waals surface area contributed by atoms with E-state index >= 15 is 0 Å². The van der Waals surface area contributed by atoms with Crippen LogP contribution in [-0.2, 0) is 17.6 Å². The van der Waals surface area contributed by atoms with Gasteiger partial charge in [0.25, 0.3) is 5.91 Å². The van der Waals surface area contributed by atoms with Crippen LogP contribution in [0.4, 0.5) is 0 Å². The Balaban J connectivity index is 1.47. The Kier molecular flexibility index (Phi) is 7.18. The fourth-order valence-corrected chi connectivity index (χ4v) is 3.42. The van der Waals surface area contributed by atoms with E-state index in [1.165, 1.54) is 24.0 Å². The van der Waals surface area contributed by atoms with Gasteiger partial charge in [0, 0.05) is 6.07 Å². The highest BCUT2D eigenvalue weighted by atomic mass is 16.5. The molecule has 0 fully saturated rings. The van der Waals surface area contributed by atoms with Crippen molar-refractivity contribution in [2.24, 2.45) is 0 Å². The molecule has 5 nitrogen and oxygen atoms in total. The minimum atomic E-state index is -0.501. The summed E-state index contributed by atoms with van der Waals surface area (Å²) < 4.78 is 16.8. The lowest BCUT2D eigenvalue weighted by molar-refractivity contribution is -0.128. The quantitative estimate of drug-likeness (QED) is 0.667. The van der Waals surface area contributed by atoms with Crippen LogP contribution in [0.3, 0.4) is 0 Å². The van der Waals surface area contributed by atoms with Gasteiger partial charge in [0.2, 0.25) is 0 Å². The van der Waals surface area contributed by atoms with E-state index in [0.29, 0.717) is 25.3 Å². The van der Waals surface area contributed by atoms with Crippen LogP contribution in [0.2, 0.25) is 0 Å². The monoisotopic (exact) mass is 383 g/mol. The van der Waals surface area contributed by atoms with E-state index in [0.717, 1.165) is 24.3 Å². The number of carbonyl (C=O) groups excluding carboxylic acids is 1.